The van der Waals surface area contributed by atoms with E-state index in [0.29, 0.717) is 22.3 Å². The third-order valence-corrected chi connectivity index (χ3v) is 13.8. The summed E-state index contributed by atoms with van der Waals surface area (Å²) in [5, 5.41) is 1.50. The van der Waals surface area contributed by atoms with Gasteiger partial charge in [0, 0.05) is 37.3 Å². The van der Waals surface area contributed by atoms with Crippen LogP contribution in [-0.4, -0.2) is 125 Å². The first-order chi connectivity index (χ1) is 31.0. The Morgan fingerprint density at radius 2 is 0.970 bits per heavy atom. The summed E-state index contributed by atoms with van der Waals surface area (Å²) in [5.74, 6) is -5.01. The first kappa shape index (κ1) is 50.7. The highest BCUT2D eigenvalue weighted by Crippen LogP contribution is 2.27. The number of ketones is 2. The Balaban J connectivity index is 0.000000251. The van der Waals surface area contributed by atoms with Crippen LogP contribution in [0.2, 0.25) is 0 Å². The maximum atomic E-state index is 14.8. The van der Waals surface area contributed by atoms with Crippen molar-refractivity contribution in [1.29, 1.82) is 0 Å². The predicted molar refractivity (Wildman–Crippen MR) is 236 cm³/mol. The Morgan fingerprint density at radius 3 is 1.30 bits per heavy atom. The van der Waals surface area contributed by atoms with Crippen LogP contribution < -0.4 is 20.9 Å². The van der Waals surface area contributed by atoms with Crippen LogP contribution in [0.15, 0.2) is 84.9 Å². The van der Waals surface area contributed by atoms with E-state index in [0.717, 1.165) is 10.5 Å². The number of halogens is 5. The molecule has 22 heteroatoms. The van der Waals surface area contributed by atoms with Gasteiger partial charge in [0.15, 0.2) is 31.2 Å². The lowest BCUT2D eigenvalue weighted by atomic mass is 10.1. The first-order valence-corrected chi connectivity index (χ1v) is 24.0. The number of nitrogens with zero attached hydrogens (tertiary/aromatic N) is 4. The molecule has 0 saturated carbocycles. The van der Waals surface area contributed by atoms with Gasteiger partial charge in [-0.25, -0.2) is 35.2 Å². The number of urea groups is 2. The molecular formula is C44H47F5N6O9S2. The summed E-state index contributed by atoms with van der Waals surface area (Å²) in [6.45, 7) is 2.48. The number of amides is 5. The summed E-state index contributed by atoms with van der Waals surface area (Å²) in [6.07, 6.45) is -5.11. The Bertz CT molecular complexity index is 2660. The molecule has 0 spiro atoms. The number of anilines is 2. The van der Waals surface area contributed by atoms with Crippen LogP contribution >= 0.6 is 0 Å². The zero-order valence-electron chi connectivity index (χ0n) is 35.8. The minimum Gasteiger partial charge on any atom is -0.341 e. The Morgan fingerprint density at radius 1 is 0.606 bits per heavy atom. The molecule has 2 aliphatic heterocycles. The zero-order valence-corrected chi connectivity index (χ0v) is 37.4. The fraction of sp³-hybridized carbons (Fsp3) is 0.341. The van der Waals surface area contributed by atoms with Gasteiger partial charge in [-0.2, -0.15) is 13.2 Å². The van der Waals surface area contributed by atoms with Gasteiger partial charge in [0.05, 0.1) is 60.6 Å². The molecule has 354 valence electrons. The maximum absolute atomic E-state index is 14.8. The second-order valence-electron chi connectivity index (χ2n) is 15.5. The number of hydrogen-bond acceptors (Lipinski definition) is 10. The summed E-state index contributed by atoms with van der Waals surface area (Å²) >= 11 is 0. The van der Waals surface area contributed by atoms with E-state index in [1.165, 1.54) is 68.5 Å². The van der Waals surface area contributed by atoms with Crippen LogP contribution in [0, 0.1) is 25.5 Å². The first-order valence-electron chi connectivity index (χ1n) is 20.3. The fourth-order valence-corrected chi connectivity index (χ4v) is 9.16. The quantitative estimate of drug-likeness (QED) is 0.152. The summed E-state index contributed by atoms with van der Waals surface area (Å²) < 4.78 is 113. The highest BCUT2D eigenvalue weighted by molar-refractivity contribution is 7.91. The fourth-order valence-electron chi connectivity index (χ4n) is 6.76. The zero-order chi connectivity index (χ0) is 48.6. The van der Waals surface area contributed by atoms with Gasteiger partial charge in [-0.15, -0.1) is 0 Å². The van der Waals surface area contributed by atoms with Gasteiger partial charge in [0.1, 0.15) is 11.6 Å². The third-order valence-electron chi connectivity index (χ3n) is 10.6. The summed E-state index contributed by atoms with van der Waals surface area (Å²) in [4.78, 5) is 66.4. The molecule has 2 fully saturated rings. The van der Waals surface area contributed by atoms with Crippen molar-refractivity contribution in [3.8, 4) is 0 Å². The van der Waals surface area contributed by atoms with Gasteiger partial charge in [-0.05, 0) is 60.4 Å². The number of nitrogens with one attached hydrogen (secondary N) is 1. The van der Waals surface area contributed by atoms with E-state index in [1.807, 2.05) is 0 Å². The largest absolute Gasteiger partial charge is 0.471 e. The Kier molecular flexibility index (Phi) is 16.4. The molecule has 15 nitrogen and oxygen atoms in total. The average Bonchev–Trinajstić information content (AvgIpc) is 3.26. The predicted octanol–water partition coefficient (Wildman–Crippen LogP) is 4.98. The van der Waals surface area contributed by atoms with Gasteiger partial charge < -0.3 is 20.9 Å². The molecular weight excluding hydrogens is 916 g/mol. The van der Waals surface area contributed by atoms with Crippen molar-refractivity contribution in [3.05, 3.63) is 130 Å². The molecule has 0 aliphatic carbocycles. The smallest absolute Gasteiger partial charge is 0.341 e. The van der Waals surface area contributed by atoms with E-state index in [4.69, 9.17) is 5.73 Å². The van der Waals surface area contributed by atoms with Crippen molar-refractivity contribution in [2.75, 3.05) is 72.1 Å². The van der Waals surface area contributed by atoms with E-state index in [1.54, 1.807) is 50.2 Å². The molecule has 66 heavy (non-hydrogen) atoms. The van der Waals surface area contributed by atoms with Gasteiger partial charge in [0.25, 0.3) is 0 Å². The molecule has 2 heterocycles. The van der Waals surface area contributed by atoms with Gasteiger partial charge in [-0.3, -0.25) is 24.2 Å². The number of hydrogen-bond donors (Lipinski definition) is 2. The molecule has 0 radical (unpaired) electrons. The van der Waals surface area contributed by atoms with Gasteiger partial charge in [-0.1, -0.05) is 60.7 Å². The molecule has 0 atom stereocenters. The molecule has 4 aromatic carbocycles. The number of alkyl halides is 3. The van der Waals surface area contributed by atoms with Gasteiger partial charge in [0.2, 0.25) is 0 Å². The van der Waals surface area contributed by atoms with Crippen molar-refractivity contribution >= 4 is 60.6 Å². The number of carbonyl (C=O) groups is 5. The normalized spacial score (nSPS) is 15.5. The van der Waals surface area contributed by atoms with Crippen molar-refractivity contribution in [2.24, 2.45) is 5.73 Å². The lowest BCUT2D eigenvalue weighted by Crippen LogP contribution is -2.50. The topological polar surface area (TPSA) is 205 Å². The van der Waals surface area contributed by atoms with Crippen LogP contribution in [0.25, 0.3) is 0 Å². The van der Waals surface area contributed by atoms with Crippen molar-refractivity contribution in [2.45, 2.75) is 33.1 Å². The van der Waals surface area contributed by atoms with Crippen LogP contribution in [0.1, 0.15) is 43.0 Å². The van der Waals surface area contributed by atoms with Crippen LogP contribution in [-0.2, 0) is 37.6 Å². The van der Waals surface area contributed by atoms with Crippen molar-refractivity contribution in [3.63, 3.8) is 0 Å². The SMILES string of the molecule is Cc1ccc(N(Cc2ccc(C(=O)CN)cc2)C(=O)N2CCS(=O)(=O)CC2)c(F)c1.Cc1ccc(N(Cc2ccc(C(=O)CNC(=O)C(F)(F)F)cc2)C(=O)N2CCS(=O)(=O)CC2)c(F)c1. The number of carbonyl (C=O) groups excluding carboxylic acids is 5. The molecule has 5 amide bonds. The second kappa shape index (κ2) is 21.4. The summed E-state index contributed by atoms with van der Waals surface area (Å²) in [5.41, 5.74) is 8.48. The molecule has 4 aromatic rings. The average molecular weight is 963 g/mol. The Labute approximate surface area is 378 Å². The number of Topliss-reactive ketones (excluding diaryl/α,β-unsaturated/α-hetero) is 2. The highest BCUT2D eigenvalue weighted by Gasteiger charge is 2.39. The van der Waals surface area contributed by atoms with E-state index in [2.05, 4.69) is 0 Å². The van der Waals surface area contributed by atoms with Gasteiger partial charge >= 0.3 is 24.1 Å². The number of aryl methyl sites for hydroxylation is 2. The molecule has 0 bridgehead atoms. The van der Waals surface area contributed by atoms with Crippen molar-refractivity contribution in [1.82, 2.24) is 15.1 Å². The summed E-state index contributed by atoms with van der Waals surface area (Å²) in [6, 6.07) is 20.0. The lowest BCUT2D eigenvalue weighted by molar-refractivity contribution is -0.173. The van der Waals surface area contributed by atoms with Crippen LogP contribution in [0.4, 0.5) is 42.9 Å². The number of rotatable bonds is 11. The van der Waals surface area contributed by atoms with E-state index >= 15 is 0 Å². The highest BCUT2D eigenvalue weighted by atomic mass is 32.2. The third kappa shape index (κ3) is 13.6. The Hall–Kier alpha value is -6.26. The molecule has 2 saturated heterocycles. The van der Waals surface area contributed by atoms with E-state index in [-0.39, 0.29) is 91.5 Å². The molecule has 3 N–H and O–H groups in total. The van der Waals surface area contributed by atoms with Crippen LogP contribution in [0.3, 0.4) is 0 Å². The maximum Gasteiger partial charge on any atom is 0.471 e. The second-order valence-corrected chi connectivity index (χ2v) is 20.2. The molecule has 6 rings (SSSR count). The molecule has 0 aromatic heterocycles. The van der Waals surface area contributed by atoms with E-state index < -0.39 is 67.8 Å². The number of benzene rings is 4. The van der Waals surface area contributed by atoms with Crippen LogP contribution in [0.5, 0.6) is 0 Å². The standard InChI is InChI=1S/C23H23F4N3O5S.C21H24FN3O4S/c1-15-2-7-19(18(24)12-15)30(22(33)29-8-10-36(34,35)11-9-29)14-16-3-5-17(6-4-16)20(31)13-28-21(32)23(25,26)27;1-15-2-7-19(18(22)12-15)25(21(27)24-8-10-30(28,29)11-9-24)14-16-3-5-17(6-4-16)20(26)13-23/h2-7,12H,8-11,13-14H2,1H3,(H,28,32);2-7,12H,8-11,13-14,23H2,1H3. The monoisotopic (exact) mass is 962 g/mol. The number of nitrogens with two attached hydrogens (primary N) is 1. The number of sulfone groups is 2. The van der Waals surface area contributed by atoms with Crippen molar-refractivity contribution < 1.29 is 62.8 Å². The minimum absolute atomic E-state index is 0.0194. The minimum atomic E-state index is -5.11. The summed E-state index contributed by atoms with van der Waals surface area (Å²) in [7, 11) is -6.41. The molecule has 0 unspecified atom stereocenters. The lowest BCUT2D eigenvalue weighted by Gasteiger charge is -2.33. The molecule has 2 aliphatic rings. The van der Waals surface area contributed by atoms with E-state index in [9.17, 15) is 62.8 Å².